The third kappa shape index (κ3) is 2.22. The molecule has 0 radical (unpaired) electrons. The number of nitrogens with two attached hydrogens (primary N) is 1. The molecule has 0 aliphatic heterocycles. The lowest BCUT2D eigenvalue weighted by atomic mass is 10.2. The predicted octanol–water partition coefficient (Wildman–Crippen LogP) is 1.67. The minimum absolute atomic E-state index is 0.0337. The summed E-state index contributed by atoms with van der Waals surface area (Å²) in [5.74, 6) is -0.494. The Labute approximate surface area is 134 Å². The van der Waals surface area contributed by atoms with E-state index in [-0.39, 0.29) is 18.3 Å². The van der Waals surface area contributed by atoms with Crippen LogP contribution in [0, 0.1) is 5.82 Å². The van der Waals surface area contributed by atoms with Crippen LogP contribution in [-0.4, -0.2) is 30.4 Å². The Morgan fingerprint density at radius 3 is 3.08 bits per heavy atom. The second-order valence-electron chi connectivity index (χ2n) is 5.22. The molecule has 9 heteroatoms. The van der Waals surface area contributed by atoms with Gasteiger partial charge in [0.1, 0.15) is 24.2 Å². The summed E-state index contributed by atoms with van der Waals surface area (Å²) < 4.78 is 15.5. The van der Waals surface area contributed by atoms with Gasteiger partial charge in [0.15, 0.2) is 11.5 Å². The molecule has 1 aromatic carbocycles. The van der Waals surface area contributed by atoms with Crippen LogP contribution in [0.1, 0.15) is 0 Å². The third-order valence-electron chi connectivity index (χ3n) is 3.67. The number of aromatic nitrogens is 5. The van der Waals surface area contributed by atoms with E-state index in [2.05, 4.69) is 25.3 Å². The van der Waals surface area contributed by atoms with Crippen LogP contribution in [-0.2, 0) is 11.3 Å². The lowest BCUT2D eigenvalue weighted by molar-refractivity contribution is -0.116. The molecule has 4 rings (SSSR count). The number of carbonyl (C=O) groups is 1. The summed E-state index contributed by atoms with van der Waals surface area (Å²) in [6.07, 6.45) is 4.33. The van der Waals surface area contributed by atoms with Crippen molar-refractivity contribution in [3.63, 3.8) is 0 Å². The van der Waals surface area contributed by atoms with Crippen molar-refractivity contribution in [3.05, 3.63) is 42.9 Å². The third-order valence-corrected chi connectivity index (χ3v) is 3.67. The van der Waals surface area contributed by atoms with Crippen LogP contribution in [0.2, 0.25) is 0 Å². The van der Waals surface area contributed by atoms with Gasteiger partial charge in [0, 0.05) is 6.20 Å². The number of fused-ring (bicyclic) bond motifs is 2. The first-order valence-corrected chi connectivity index (χ1v) is 7.10. The van der Waals surface area contributed by atoms with Crippen molar-refractivity contribution < 1.29 is 9.18 Å². The van der Waals surface area contributed by atoms with E-state index in [1.54, 1.807) is 22.9 Å². The number of carbonyl (C=O) groups excluding carboxylic acids is 1. The Morgan fingerprint density at radius 1 is 1.33 bits per heavy atom. The van der Waals surface area contributed by atoms with E-state index in [1.165, 1.54) is 18.7 Å². The molecule has 0 fully saturated rings. The molecule has 24 heavy (non-hydrogen) atoms. The molecule has 120 valence electrons. The van der Waals surface area contributed by atoms with Gasteiger partial charge in [0.05, 0.1) is 22.9 Å². The molecule has 1 amide bonds. The Balaban J connectivity index is 1.61. The lowest BCUT2D eigenvalue weighted by Gasteiger charge is -2.06. The quantitative estimate of drug-likeness (QED) is 0.530. The van der Waals surface area contributed by atoms with Crippen molar-refractivity contribution in [2.45, 2.75) is 6.54 Å². The van der Waals surface area contributed by atoms with Gasteiger partial charge >= 0.3 is 0 Å². The molecule has 8 nitrogen and oxygen atoms in total. The first-order valence-electron chi connectivity index (χ1n) is 7.10. The van der Waals surface area contributed by atoms with Crippen LogP contribution in [0.15, 0.2) is 37.1 Å². The van der Waals surface area contributed by atoms with Crippen molar-refractivity contribution in [1.29, 1.82) is 0 Å². The fourth-order valence-electron chi connectivity index (χ4n) is 2.60. The fourth-order valence-corrected chi connectivity index (χ4v) is 2.60. The van der Waals surface area contributed by atoms with Gasteiger partial charge < -0.3 is 20.6 Å². The van der Waals surface area contributed by atoms with Crippen LogP contribution < -0.4 is 11.1 Å². The molecule has 0 saturated carbocycles. The van der Waals surface area contributed by atoms with E-state index in [0.717, 1.165) is 0 Å². The highest BCUT2D eigenvalue weighted by Gasteiger charge is 2.14. The number of hydrogen-bond donors (Lipinski definition) is 3. The summed E-state index contributed by atoms with van der Waals surface area (Å²) in [6, 6.07) is 4.67. The molecule has 0 bridgehead atoms. The normalized spacial score (nSPS) is 11.2. The number of rotatable bonds is 3. The monoisotopic (exact) mass is 325 g/mol. The van der Waals surface area contributed by atoms with Crippen LogP contribution >= 0.6 is 0 Å². The standard InChI is InChI=1S/C15H12FN7O/c16-8-2-1-3-9-12(8)10(4-18-9)22-11(24)5-23-7-21-13-14(17)19-6-20-15(13)23/h1-4,6-7,18H,5H2,(H,22,24)(H2,17,19,20). The Kier molecular flexibility index (Phi) is 3.12. The molecule has 4 aromatic rings. The number of nitrogens with zero attached hydrogens (tertiary/aromatic N) is 4. The van der Waals surface area contributed by atoms with Gasteiger partial charge in [-0.2, -0.15) is 0 Å². The molecule has 0 saturated heterocycles. The molecular formula is C15H12FN7O. The smallest absolute Gasteiger partial charge is 0.244 e. The summed E-state index contributed by atoms with van der Waals surface area (Å²) in [7, 11) is 0. The molecule has 0 aliphatic rings. The van der Waals surface area contributed by atoms with Gasteiger partial charge in [-0.3, -0.25) is 4.79 Å². The van der Waals surface area contributed by atoms with E-state index >= 15 is 0 Å². The van der Waals surface area contributed by atoms with Crippen LogP contribution in [0.4, 0.5) is 15.9 Å². The summed E-state index contributed by atoms with van der Waals surface area (Å²) in [5, 5.41) is 3.03. The van der Waals surface area contributed by atoms with Gasteiger partial charge in [0.2, 0.25) is 5.91 Å². The number of benzene rings is 1. The number of nitrogens with one attached hydrogen (secondary N) is 2. The topological polar surface area (TPSA) is 115 Å². The van der Waals surface area contributed by atoms with Gasteiger partial charge in [-0.05, 0) is 12.1 Å². The van der Waals surface area contributed by atoms with Crippen molar-refractivity contribution in [3.8, 4) is 0 Å². The fraction of sp³-hybridized carbons (Fsp3) is 0.0667. The maximum absolute atomic E-state index is 13.9. The van der Waals surface area contributed by atoms with E-state index in [1.807, 2.05) is 0 Å². The van der Waals surface area contributed by atoms with E-state index in [4.69, 9.17) is 5.73 Å². The van der Waals surface area contributed by atoms with Crippen LogP contribution in [0.3, 0.4) is 0 Å². The van der Waals surface area contributed by atoms with Crippen LogP contribution in [0.25, 0.3) is 22.1 Å². The van der Waals surface area contributed by atoms with Crippen molar-refractivity contribution >= 4 is 39.5 Å². The van der Waals surface area contributed by atoms with E-state index in [9.17, 15) is 9.18 Å². The average Bonchev–Trinajstić information content (AvgIpc) is 3.14. The second kappa shape index (κ2) is 5.30. The predicted molar refractivity (Wildman–Crippen MR) is 86.6 cm³/mol. The van der Waals surface area contributed by atoms with Gasteiger partial charge in [-0.25, -0.2) is 19.3 Å². The highest BCUT2D eigenvalue weighted by atomic mass is 19.1. The SMILES string of the molecule is Nc1ncnc2c1ncn2CC(=O)Nc1c[nH]c2cccc(F)c12. The Hall–Kier alpha value is -3.49. The maximum atomic E-state index is 13.9. The zero-order chi connectivity index (χ0) is 16.7. The number of nitrogen functional groups attached to an aromatic ring is 1. The molecule has 3 aromatic heterocycles. The Bertz CT molecular complexity index is 1070. The number of anilines is 2. The highest BCUT2D eigenvalue weighted by Crippen LogP contribution is 2.25. The molecule has 0 aliphatic carbocycles. The minimum atomic E-state index is -0.405. The first kappa shape index (κ1) is 14.1. The molecule has 4 N–H and O–H groups in total. The Morgan fingerprint density at radius 2 is 2.21 bits per heavy atom. The molecule has 0 atom stereocenters. The summed E-state index contributed by atoms with van der Waals surface area (Å²) in [4.78, 5) is 27.2. The molecule has 0 unspecified atom stereocenters. The number of halogens is 1. The summed E-state index contributed by atoms with van der Waals surface area (Å²) in [6.45, 7) is -0.0337. The molecule has 3 heterocycles. The number of aromatic amines is 1. The zero-order valence-corrected chi connectivity index (χ0v) is 12.3. The summed E-state index contributed by atoms with van der Waals surface area (Å²) >= 11 is 0. The van der Waals surface area contributed by atoms with Gasteiger partial charge in [-0.15, -0.1) is 0 Å². The van der Waals surface area contributed by atoms with Gasteiger partial charge in [0.25, 0.3) is 0 Å². The van der Waals surface area contributed by atoms with Crippen molar-refractivity contribution in [2.75, 3.05) is 11.1 Å². The van der Waals surface area contributed by atoms with Crippen LogP contribution in [0.5, 0.6) is 0 Å². The first-order chi connectivity index (χ1) is 11.6. The number of amides is 1. The van der Waals surface area contributed by atoms with E-state index in [0.29, 0.717) is 27.8 Å². The average molecular weight is 325 g/mol. The maximum Gasteiger partial charge on any atom is 0.244 e. The largest absolute Gasteiger partial charge is 0.382 e. The number of H-pyrrole nitrogens is 1. The second-order valence-corrected chi connectivity index (χ2v) is 5.22. The summed E-state index contributed by atoms with van der Waals surface area (Å²) in [5.41, 5.74) is 7.60. The van der Waals surface area contributed by atoms with Crippen molar-refractivity contribution in [1.82, 2.24) is 24.5 Å². The lowest BCUT2D eigenvalue weighted by Crippen LogP contribution is -2.18. The number of imidazole rings is 1. The molecule has 0 spiro atoms. The highest BCUT2D eigenvalue weighted by molar-refractivity contribution is 6.02. The van der Waals surface area contributed by atoms with E-state index < -0.39 is 5.82 Å². The van der Waals surface area contributed by atoms with Crippen molar-refractivity contribution in [2.24, 2.45) is 0 Å². The minimum Gasteiger partial charge on any atom is -0.382 e. The zero-order valence-electron chi connectivity index (χ0n) is 12.3. The van der Waals surface area contributed by atoms with Gasteiger partial charge in [-0.1, -0.05) is 6.07 Å². The molecular weight excluding hydrogens is 313 g/mol. The number of hydrogen-bond acceptors (Lipinski definition) is 5.